The van der Waals surface area contributed by atoms with Crippen molar-refractivity contribution in [2.45, 2.75) is 6.92 Å². The van der Waals surface area contributed by atoms with Crippen LogP contribution in [0.2, 0.25) is 0 Å². The molecule has 0 aliphatic heterocycles. The summed E-state index contributed by atoms with van der Waals surface area (Å²) in [7, 11) is 0. The molecule has 2 heteroatoms. The molecule has 0 bridgehead atoms. The van der Waals surface area contributed by atoms with Gasteiger partial charge in [0.25, 0.3) is 0 Å². The summed E-state index contributed by atoms with van der Waals surface area (Å²) >= 11 is 0. The number of fused-ring (bicyclic) bond motifs is 1. The first-order chi connectivity index (χ1) is 7.84. The summed E-state index contributed by atoms with van der Waals surface area (Å²) in [5.41, 5.74) is 3.31. The van der Waals surface area contributed by atoms with E-state index in [4.69, 9.17) is 4.42 Å². The van der Waals surface area contributed by atoms with Gasteiger partial charge in [-0.2, -0.15) is 0 Å². The SMILES string of the molecule is Cc1cc2cccnc2cc1-c1ccco1. The van der Waals surface area contributed by atoms with Gasteiger partial charge in [0, 0.05) is 17.1 Å². The Morgan fingerprint density at radius 1 is 1.12 bits per heavy atom. The highest BCUT2D eigenvalue weighted by Crippen LogP contribution is 2.27. The molecule has 0 amide bonds. The van der Waals surface area contributed by atoms with E-state index in [0.29, 0.717) is 0 Å². The minimum atomic E-state index is 0.894. The molecule has 0 aliphatic rings. The first kappa shape index (κ1) is 9.16. The van der Waals surface area contributed by atoms with Crippen LogP contribution in [0.15, 0.2) is 53.3 Å². The van der Waals surface area contributed by atoms with Crippen LogP contribution in [0.1, 0.15) is 5.56 Å². The van der Waals surface area contributed by atoms with E-state index < -0.39 is 0 Å². The molecule has 3 rings (SSSR count). The maximum Gasteiger partial charge on any atom is 0.134 e. The van der Waals surface area contributed by atoms with Gasteiger partial charge < -0.3 is 4.42 Å². The molecule has 0 atom stereocenters. The lowest BCUT2D eigenvalue weighted by atomic mass is 10.0. The highest BCUT2D eigenvalue weighted by molar-refractivity contribution is 5.85. The van der Waals surface area contributed by atoms with Gasteiger partial charge in [-0.25, -0.2) is 0 Å². The van der Waals surface area contributed by atoms with Crippen molar-refractivity contribution in [3.8, 4) is 11.3 Å². The standard InChI is InChI=1S/C14H11NO/c1-10-8-11-4-2-6-15-13(11)9-12(10)14-5-3-7-16-14/h2-9H,1H3. The lowest BCUT2D eigenvalue weighted by Crippen LogP contribution is -1.84. The smallest absolute Gasteiger partial charge is 0.134 e. The minimum Gasteiger partial charge on any atom is -0.464 e. The van der Waals surface area contributed by atoms with Gasteiger partial charge in [0.05, 0.1) is 11.8 Å². The highest BCUT2D eigenvalue weighted by Gasteiger charge is 2.06. The zero-order chi connectivity index (χ0) is 11.0. The van der Waals surface area contributed by atoms with Crippen LogP contribution in [0.5, 0.6) is 0 Å². The van der Waals surface area contributed by atoms with Gasteiger partial charge in [0.2, 0.25) is 0 Å². The lowest BCUT2D eigenvalue weighted by molar-refractivity contribution is 0.582. The Labute approximate surface area is 93.5 Å². The molecule has 0 radical (unpaired) electrons. The number of rotatable bonds is 1. The number of nitrogens with zero attached hydrogens (tertiary/aromatic N) is 1. The number of hydrogen-bond donors (Lipinski definition) is 0. The van der Waals surface area contributed by atoms with Crippen LogP contribution in [0.25, 0.3) is 22.2 Å². The van der Waals surface area contributed by atoms with Gasteiger partial charge >= 0.3 is 0 Å². The normalized spacial score (nSPS) is 10.8. The summed E-state index contributed by atoms with van der Waals surface area (Å²) in [5, 5.41) is 1.16. The fraction of sp³-hybridized carbons (Fsp3) is 0.0714. The summed E-state index contributed by atoms with van der Waals surface area (Å²) in [6.45, 7) is 2.09. The van der Waals surface area contributed by atoms with Gasteiger partial charge in [-0.3, -0.25) is 4.98 Å². The Balaban J connectivity index is 2.30. The number of aryl methyl sites for hydroxylation is 1. The van der Waals surface area contributed by atoms with Crippen LogP contribution >= 0.6 is 0 Å². The number of benzene rings is 1. The topological polar surface area (TPSA) is 26.0 Å². The fourth-order valence-corrected chi connectivity index (χ4v) is 1.93. The van der Waals surface area contributed by atoms with Crippen molar-refractivity contribution in [1.29, 1.82) is 0 Å². The van der Waals surface area contributed by atoms with E-state index in [1.165, 1.54) is 5.56 Å². The van der Waals surface area contributed by atoms with Crippen LogP contribution in [0, 0.1) is 6.92 Å². The maximum atomic E-state index is 5.42. The van der Waals surface area contributed by atoms with E-state index in [1.54, 1.807) is 6.26 Å². The third-order valence-corrected chi connectivity index (χ3v) is 2.74. The average Bonchev–Trinajstić information content (AvgIpc) is 2.81. The highest BCUT2D eigenvalue weighted by atomic mass is 16.3. The van der Waals surface area contributed by atoms with E-state index >= 15 is 0 Å². The van der Waals surface area contributed by atoms with Crippen molar-refractivity contribution in [3.63, 3.8) is 0 Å². The van der Waals surface area contributed by atoms with Crippen molar-refractivity contribution in [3.05, 3.63) is 54.4 Å². The van der Waals surface area contributed by atoms with Crippen LogP contribution in [-0.4, -0.2) is 4.98 Å². The summed E-state index contributed by atoms with van der Waals surface area (Å²) < 4.78 is 5.42. The Morgan fingerprint density at radius 3 is 2.88 bits per heavy atom. The average molecular weight is 209 g/mol. The molecule has 0 spiro atoms. The van der Waals surface area contributed by atoms with E-state index in [2.05, 4.69) is 30.1 Å². The van der Waals surface area contributed by atoms with Crippen LogP contribution in [0.3, 0.4) is 0 Å². The molecule has 3 aromatic rings. The summed E-state index contributed by atoms with van der Waals surface area (Å²) in [5.74, 6) is 0.894. The third kappa shape index (κ3) is 1.39. The van der Waals surface area contributed by atoms with Crippen molar-refractivity contribution in [1.82, 2.24) is 4.98 Å². The molecule has 0 aliphatic carbocycles. The van der Waals surface area contributed by atoms with Crippen molar-refractivity contribution < 1.29 is 4.42 Å². The minimum absolute atomic E-state index is 0.894. The largest absolute Gasteiger partial charge is 0.464 e. The van der Waals surface area contributed by atoms with E-state index in [1.807, 2.05) is 24.4 Å². The molecule has 2 nitrogen and oxygen atoms in total. The lowest BCUT2D eigenvalue weighted by Gasteiger charge is -2.04. The third-order valence-electron chi connectivity index (χ3n) is 2.74. The maximum absolute atomic E-state index is 5.42. The molecule has 16 heavy (non-hydrogen) atoms. The van der Waals surface area contributed by atoms with Crippen molar-refractivity contribution in [2.75, 3.05) is 0 Å². The number of pyridine rings is 1. The van der Waals surface area contributed by atoms with Gasteiger partial charge in [-0.05, 0) is 42.8 Å². The molecule has 2 aromatic heterocycles. The molecular formula is C14H11NO. The molecule has 0 N–H and O–H groups in total. The summed E-state index contributed by atoms with van der Waals surface area (Å²) in [6, 6.07) is 12.1. The Morgan fingerprint density at radius 2 is 2.06 bits per heavy atom. The van der Waals surface area contributed by atoms with E-state index in [9.17, 15) is 0 Å². The van der Waals surface area contributed by atoms with Gasteiger partial charge in [0.1, 0.15) is 5.76 Å². The zero-order valence-corrected chi connectivity index (χ0v) is 8.97. The quantitative estimate of drug-likeness (QED) is 0.609. The van der Waals surface area contributed by atoms with E-state index in [-0.39, 0.29) is 0 Å². The fourth-order valence-electron chi connectivity index (χ4n) is 1.93. The van der Waals surface area contributed by atoms with Crippen LogP contribution in [0.4, 0.5) is 0 Å². The van der Waals surface area contributed by atoms with Gasteiger partial charge in [-0.15, -0.1) is 0 Å². The molecule has 0 saturated heterocycles. The van der Waals surface area contributed by atoms with Gasteiger partial charge in [0.15, 0.2) is 0 Å². The van der Waals surface area contributed by atoms with Gasteiger partial charge in [-0.1, -0.05) is 6.07 Å². The first-order valence-electron chi connectivity index (χ1n) is 5.24. The molecular weight excluding hydrogens is 198 g/mol. The van der Waals surface area contributed by atoms with Crippen molar-refractivity contribution >= 4 is 10.9 Å². The molecule has 2 heterocycles. The van der Waals surface area contributed by atoms with Crippen LogP contribution in [-0.2, 0) is 0 Å². The Hall–Kier alpha value is -2.09. The molecule has 1 aromatic carbocycles. The monoisotopic (exact) mass is 209 g/mol. The second-order valence-corrected chi connectivity index (χ2v) is 3.84. The van der Waals surface area contributed by atoms with Crippen LogP contribution < -0.4 is 0 Å². The Kier molecular flexibility index (Phi) is 2.00. The molecule has 0 unspecified atom stereocenters. The predicted octanol–water partition coefficient (Wildman–Crippen LogP) is 3.80. The predicted molar refractivity (Wildman–Crippen MR) is 64.2 cm³/mol. The number of aromatic nitrogens is 1. The number of furan rings is 1. The van der Waals surface area contributed by atoms with Crippen molar-refractivity contribution in [2.24, 2.45) is 0 Å². The molecule has 0 saturated carbocycles. The molecule has 78 valence electrons. The second-order valence-electron chi connectivity index (χ2n) is 3.84. The summed E-state index contributed by atoms with van der Waals surface area (Å²) in [6.07, 6.45) is 3.50. The van der Waals surface area contributed by atoms with E-state index in [0.717, 1.165) is 22.2 Å². The Bertz CT molecular complexity index is 626. The second kappa shape index (κ2) is 3.49. The zero-order valence-electron chi connectivity index (χ0n) is 8.97. The number of hydrogen-bond acceptors (Lipinski definition) is 2. The summed E-state index contributed by atoms with van der Waals surface area (Å²) in [4.78, 5) is 4.35. The molecule has 0 fully saturated rings. The first-order valence-corrected chi connectivity index (χ1v) is 5.24.